The smallest absolute Gasteiger partial charge is 0.307 e. The number of ether oxygens (including phenoxy) is 1. The van der Waals surface area contributed by atoms with Gasteiger partial charge in [0, 0.05) is 5.92 Å². The molecule has 0 aliphatic carbocycles. The van der Waals surface area contributed by atoms with E-state index in [0.717, 1.165) is 14.9 Å². The maximum absolute atomic E-state index is 12.3. The quantitative estimate of drug-likeness (QED) is 0.540. The van der Waals surface area contributed by atoms with Crippen molar-refractivity contribution in [2.45, 2.75) is 12.3 Å². The van der Waals surface area contributed by atoms with Gasteiger partial charge in [0.15, 0.2) is 11.7 Å². The molecule has 1 N–H and O–H groups in total. The Balaban J connectivity index is 1.60. The Hall–Kier alpha value is -2.51. The molecule has 3 rings (SSSR count). The van der Waals surface area contributed by atoms with E-state index in [1.807, 2.05) is 60.7 Å². The van der Waals surface area contributed by atoms with Gasteiger partial charge in [0.05, 0.1) is 16.4 Å². The van der Waals surface area contributed by atoms with Crippen molar-refractivity contribution in [3.63, 3.8) is 0 Å². The highest BCUT2D eigenvalue weighted by atomic mass is 79.9. The molecule has 1 amide bonds. The zero-order valence-corrected chi connectivity index (χ0v) is 16.7. The van der Waals surface area contributed by atoms with Crippen LogP contribution in [0.1, 0.15) is 23.5 Å². The molecule has 0 bridgehead atoms. The first-order valence-corrected chi connectivity index (χ1v) is 9.89. The maximum atomic E-state index is 12.3. The molecule has 138 valence electrons. The molecule has 1 aromatic heterocycles. The van der Waals surface area contributed by atoms with Gasteiger partial charge in [0.2, 0.25) is 0 Å². The van der Waals surface area contributed by atoms with Crippen molar-refractivity contribution in [2.75, 3.05) is 11.9 Å². The Morgan fingerprint density at radius 1 is 1.04 bits per heavy atom. The van der Waals surface area contributed by atoms with Crippen LogP contribution in [0.15, 0.2) is 70.6 Å². The summed E-state index contributed by atoms with van der Waals surface area (Å²) in [6.45, 7) is -0.341. The lowest BCUT2D eigenvalue weighted by molar-refractivity contribution is -0.147. The van der Waals surface area contributed by atoms with Crippen molar-refractivity contribution < 1.29 is 14.3 Å². The summed E-state index contributed by atoms with van der Waals surface area (Å²) in [6, 6.07) is 19.6. The fraction of sp³-hybridized carbons (Fsp3) is 0.150. The minimum atomic E-state index is -0.428. The molecular weight excluding hydrogens is 428 g/mol. The van der Waals surface area contributed by atoms with Crippen LogP contribution in [0.5, 0.6) is 0 Å². The summed E-state index contributed by atoms with van der Waals surface area (Å²) < 4.78 is 5.98. The van der Waals surface area contributed by atoms with Crippen molar-refractivity contribution in [1.29, 1.82) is 0 Å². The van der Waals surface area contributed by atoms with E-state index in [0.29, 0.717) is 5.13 Å². The van der Waals surface area contributed by atoms with Crippen LogP contribution in [0, 0.1) is 0 Å². The third-order valence-corrected chi connectivity index (χ3v) is 5.25. The van der Waals surface area contributed by atoms with Gasteiger partial charge in [-0.3, -0.25) is 14.9 Å². The van der Waals surface area contributed by atoms with E-state index in [-0.39, 0.29) is 18.9 Å². The average molecular weight is 445 g/mol. The highest BCUT2D eigenvalue weighted by Crippen LogP contribution is 2.28. The van der Waals surface area contributed by atoms with Gasteiger partial charge in [0.25, 0.3) is 5.91 Å². The Bertz CT molecular complexity index is 860. The number of hydrogen-bond donors (Lipinski definition) is 1. The lowest BCUT2D eigenvalue weighted by Crippen LogP contribution is -2.21. The zero-order chi connectivity index (χ0) is 19.1. The molecule has 0 saturated carbocycles. The first kappa shape index (κ1) is 19.3. The molecule has 7 heteroatoms. The SMILES string of the molecule is O=C(COC(=O)CC(c1ccccc1)c1ccccc1)Nc1ncc(Br)s1. The molecular formula is C20H17BrN2O3S. The van der Waals surface area contributed by atoms with Crippen LogP contribution < -0.4 is 5.32 Å². The van der Waals surface area contributed by atoms with Gasteiger partial charge in [0.1, 0.15) is 0 Å². The van der Waals surface area contributed by atoms with Gasteiger partial charge >= 0.3 is 5.97 Å². The molecule has 3 aromatic rings. The number of benzene rings is 2. The molecule has 0 spiro atoms. The number of nitrogens with zero attached hydrogens (tertiary/aromatic N) is 1. The molecule has 27 heavy (non-hydrogen) atoms. The number of anilines is 1. The Kier molecular flexibility index (Phi) is 6.73. The van der Waals surface area contributed by atoms with Crippen LogP contribution in [-0.4, -0.2) is 23.5 Å². The minimum absolute atomic E-state index is 0.127. The fourth-order valence-electron chi connectivity index (χ4n) is 2.64. The third kappa shape index (κ3) is 5.74. The average Bonchev–Trinajstić information content (AvgIpc) is 3.10. The Labute approximate surface area is 169 Å². The van der Waals surface area contributed by atoms with Gasteiger partial charge in [-0.25, -0.2) is 4.98 Å². The number of thiazole rings is 1. The number of carbonyl (C=O) groups excluding carboxylic acids is 2. The van der Waals surface area contributed by atoms with E-state index >= 15 is 0 Å². The number of rotatable bonds is 7. The number of esters is 1. The summed E-state index contributed by atoms with van der Waals surface area (Å²) in [6.07, 6.45) is 1.75. The Morgan fingerprint density at radius 3 is 2.15 bits per heavy atom. The van der Waals surface area contributed by atoms with Crippen LogP contribution in [-0.2, 0) is 14.3 Å². The zero-order valence-electron chi connectivity index (χ0n) is 14.3. The second kappa shape index (κ2) is 9.43. The van der Waals surface area contributed by atoms with Crippen LogP contribution in [0.2, 0.25) is 0 Å². The molecule has 0 atom stereocenters. The second-order valence-corrected chi connectivity index (χ2v) is 8.17. The molecule has 0 aliphatic rings. The summed E-state index contributed by atoms with van der Waals surface area (Å²) in [4.78, 5) is 28.3. The second-order valence-electron chi connectivity index (χ2n) is 5.76. The van der Waals surface area contributed by atoms with E-state index in [4.69, 9.17) is 4.74 Å². The van der Waals surface area contributed by atoms with E-state index < -0.39 is 11.9 Å². The van der Waals surface area contributed by atoms with Crippen molar-refractivity contribution >= 4 is 44.3 Å². The van der Waals surface area contributed by atoms with Crippen molar-refractivity contribution in [3.8, 4) is 0 Å². The normalized spacial score (nSPS) is 10.6. The standard InChI is InChI=1S/C20H17BrN2O3S/c21-17-12-22-20(27-17)23-18(24)13-26-19(25)11-16(14-7-3-1-4-8-14)15-9-5-2-6-10-15/h1-10,12,16H,11,13H2,(H,22,23,24). The van der Waals surface area contributed by atoms with Crippen molar-refractivity contribution in [1.82, 2.24) is 4.98 Å². The van der Waals surface area contributed by atoms with Gasteiger partial charge in [-0.2, -0.15) is 0 Å². The van der Waals surface area contributed by atoms with Crippen LogP contribution in [0.3, 0.4) is 0 Å². The first-order valence-electron chi connectivity index (χ1n) is 8.28. The van der Waals surface area contributed by atoms with Crippen molar-refractivity contribution in [2.24, 2.45) is 0 Å². The van der Waals surface area contributed by atoms with Crippen LogP contribution in [0.4, 0.5) is 5.13 Å². The summed E-state index contributed by atoms with van der Waals surface area (Å²) >= 11 is 4.56. The predicted molar refractivity (Wildman–Crippen MR) is 109 cm³/mol. The maximum Gasteiger partial charge on any atom is 0.307 e. The lowest BCUT2D eigenvalue weighted by atomic mass is 9.89. The third-order valence-electron chi connectivity index (χ3n) is 3.86. The van der Waals surface area contributed by atoms with Gasteiger partial charge in [-0.15, -0.1) is 0 Å². The largest absolute Gasteiger partial charge is 0.456 e. The predicted octanol–water partition coefficient (Wildman–Crippen LogP) is 4.61. The molecule has 2 aromatic carbocycles. The molecule has 0 radical (unpaired) electrons. The molecule has 1 heterocycles. The van der Waals surface area contributed by atoms with Gasteiger partial charge in [-0.1, -0.05) is 72.0 Å². The molecule has 0 saturated heterocycles. The number of amides is 1. The molecule has 0 unspecified atom stereocenters. The summed E-state index contributed by atoms with van der Waals surface area (Å²) in [7, 11) is 0. The summed E-state index contributed by atoms with van der Waals surface area (Å²) in [5, 5.41) is 3.05. The highest BCUT2D eigenvalue weighted by molar-refractivity contribution is 9.11. The summed E-state index contributed by atoms with van der Waals surface area (Å²) in [5.74, 6) is -0.970. The van der Waals surface area contributed by atoms with Crippen LogP contribution in [0.25, 0.3) is 0 Å². The van der Waals surface area contributed by atoms with E-state index in [9.17, 15) is 9.59 Å². The van der Waals surface area contributed by atoms with Crippen molar-refractivity contribution in [3.05, 3.63) is 81.8 Å². The number of halogens is 1. The monoisotopic (exact) mass is 444 g/mol. The molecule has 0 fully saturated rings. The van der Waals surface area contributed by atoms with Gasteiger partial charge < -0.3 is 4.74 Å². The van der Waals surface area contributed by atoms with E-state index in [1.54, 1.807) is 6.20 Å². The summed E-state index contributed by atoms with van der Waals surface area (Å²) in [5.41, 5.74) is 2.05. The Morgan fingerprint density at radius 2 is 1.63 bits per heavy atom. The highest BCUT2D eigenvalue weighted by Gasteiger charge is 2.19. The van der Waals surface area contributed by atoms with E-state index in [2.05, 4.69) is 26.2 Å². The fourth-order valence-corrected chi connectivity index (χ4v) is 3.76. The van der Waals surface area contributed by atoms with Gasteiger partial charge in [-0.05, 0) is 27.1 Å². The molecule has 0 aliphatic heterocycles. The minimum Gasteiger partial charge on any atom is -0.456 e. The lowest BCUT2D eigenvalue weighted by Gasteiger charge is -2.17. The topological polar surface area (TPSA) is 68.3 Å². The number of aromatic nitrogens is 1. The van der Waals surface area contributed by atoms with E-state index in [1.165, 1.54) is 11.3 Å². The first-order chi connectivity index (χ1) is 13.1. The number of hydrogen-bond acceptors (Lipinski definition) is 5. The molecule has 5 nitrogen and oxygen atoms in total. The number of carbonyl (C=O) groups is 2. The number of nitrogens with one attached hydrogen (secondary N) is 1. The van der Waals surface area contributed by atoms with Crippen LogP contribution >= 0.6 is 27.3 Å².